The van der Waals surface area contributed by atoms with Gasteiger partial charge in [-0.1, -0.05) is 6.92 Å². The number of nitrogens with zero attached hydrogens (tertiary/aromatic N) is 2. The molecule has 0 bridgehead atoms. The topological polar surface area (TPSA) is 49.9 Å². The summed E-state index contributed by atoms with van der Waals surface area (Å²) in [6, 6.07) is 0.366. The van der Waals surface area contributed by atoms with Gasteiger partial charge in [-0.15, -0.1) is 0 Å². The van der Waals surface area contributed by atoms with Crippen LogP contribution >= 0.6 is 0 Å². The predicted octanol–water partition coefficient (Wildman–Crippen LogP) is 2.30. The Labute approximate surface area is 145 Å². The van der Waals surface area contributed by atoms with Crippen LogP contribution in [0.1, 0.15) is 52.4 Å². The van der Waals surface area contributed by atoms with Gasteiger partial charge in [-0.2, -0.15) is 0 Å². The second kappa shape index (κ2) is 7.85. The standard InChI is InChI=1S/C19H32N2O3/c1-3-20(11-15-8-9-24-13-15)19(23)16-10-18(22)21(12-16)17-6-4-14(2)5-7-17/h14-17H,3-13H2,1-2H3/t14?,15-,16-,17?/m1/s1. The minimum Gasteiger partial charge on any atom is -0.381 e. The van der Waals surface area contributed by atoms with Crippen molar-refractivity contribution in [3.8, 4) is 0 Å². The SMILES string of the molecule is CCN(C[C@H]1CCOC1)C(=O)[C@@H]1CC(=O)N(C2CCC(C)CC2)C1. The predicted molar refractivity (Wildman–Crippen MR) is 92.4 cm³/mol. The maximum absolute atomic E-state index is 12.9. The quantitative estimate of drug-likeness (QED) is 0.774. The molecule has 1 aliphatic carbocycles. The van der Waals surface area contributed by atoms with Gasteiger partial charge in [-0.25, -0.2) is 0 Å². The number of ether oxygens (including phenoxy) is 1. The first-order valence-electron chi connectivity index (χ1n) is 9.74. The van der Waals surface area contributed by atoms with Gasteiger partial charge in [0.2, 0.25) is 11.8 Å². The lowest BCUT2D eigenvalue weighted by molar-refractivity contribution is -0.136. The molecule has 0 N–H and O–H groups in total. The van der Waals surface area contributed by atoms with Crippen molar-refractivity contribution >= 4 is 11.8 Å². The third-order valence-electron chi connectivity index (χ3n) is 6.13. The molecule has 0 spiro atoms. The maximum atomic E-state index is 12.9. The average Bonchev–Trinajstić information content (AvgIpc) is 3.22. The summed E-state index contributed by atoms with van der Waals surface area (Å²) in [7, 11) is 0. The largest absolute Gasteiger partial charge is 0.381 e. The van der Waals surface area contributed by atoms with Gasteiger partial charge in [0.25, 0.3) is 0 Å². The molecule has 0 aromatic heterocycles. The van der Waals surface area contributed by atoms with Crippen LogP contribution in [0.25, 0.3) is 0 Å². The lowest BCUT2D eigenvalue weighted by Crippen LogP contribution is -2.42. The highest BCUT2D eigenvalue weighted by Crippen LogP contribution is 2.32. The summed E-state index contributed by atoms with van der Waals surface area (Å²) in [6.45, 7) is 8.03. The van der Waals surface area contributed by atoms with Crippen molar-refractivity contribution in [3.63, 3.8) is 0 Å². The average molecular weight is 336 g/mol. The zero-order valence-corrected chi connectivity index (χ0v) is 15.2. The molecule has 136 valence electrons. The fourth-order valence-electron chi connectivity index (χ4n) is 4.48. The van der Waals surface area contributed by atoms with Crippen LogP contribution in [0.3, 0.4) is 0 Å². The van der Waals surface area contributed by atoms with Crippen molar-refractivity contribution in [1.82, 2.24) is 9.80 Å². The molecule has 2 amide bonds. The highest BCUT2D eigenvalue weighted by atomic mass is 16.5. The minimum absolute atomic E-state index is 0.140. The molecule has 1 saturated carbocycles. The third-order valence-corrected chi connectivity index (χ3v) is 6.13. The number of carbonyl (C=O) groups is 2. The molecule has 3 aliphatic rings. The Hall–Kier alpha value is -1.10. The summed E-state index contributed by atoms with van der Waals surface area (Å²) in [4.78, 5) is 29.3. The van der Waals surface area contributed by atoms with Crippen LogP contribution in [0.4, 0.5) is 0 Å². The first kappa shape index (κ1) is 17.7. The Kier molecular flexibility index (Phi) is 5.80. The van der Waals surface area contributed by atoms with E-state index < -0.39 is 0 Å². The van der Waals surface area contributed by atoms with E-state index in [9.17, 15) is 9.59 Å². The molecule has 0 unspecified atom stereocenters. The molecule has 2 heterocycles. The van der Waals surface area contributed by atoms with Crippen LogP contribution < -0.4 is 0 Å². The van der Waals surface area contributed by atoms with E-state index in [4.69, 9.17) is 4.74 Å². The van der Waals surface area contributed by atoms with Crippen molar-refractivity contribution in [2.45, 2.75) is 58.4 Å². The monoisotopic (exact) mass is 336 g/mol. The summed E-state index contributed by atoms with van der Waals surface area (Å²) in [5.41, 5.74) is 0. The zero-order chi connectivity index (χ0) is 17.1. The number of hydrogen-bond donors (Lipinski definition) is 0. The molecular weight excluding hydrogens is 304 g/mol. The first-order chi connectivity index (χ1) is 11.6. The fourth-order valence-corrected chi connectivity index (χ4v) is 4.48. The van der Waals surface area contributed by atoms with E-state index in [1.807, 2.05) is 16.7 Å². The van der Waals surface area contributed by atoms with Crippen LogP contribution in [0, 0.1) is 17.8 Å². The zero-order valence-electron chi connectivity index (χ0n) is 15.2. The minimum atomic E-state index is -0.140. The Bertz CT molecular complexity index is 454. The van der Waals surface area contributed by atoms with Gasteiger partial charge in [0.05, 0.1) is 12.5 Å². The molecule has 2 aliphatic heterocycles. The Morgan fingerprint density at radius 2 is 2.00 bits per heavy atom. The lowest BCUT2D eigenvalue weighted by atomic mass is 9.86. The molecule has 24 heavy (non-hydrogen) atoms. The van der Waals surface area contributed by atoms with Crippen LogP contribution in [0.5, 0.6) is 0 Å². The molecule has 2 atom stereocenters. The fraction of sp³-hybridized carbons (Fsp3) is 0.895. The highest BCUT2D eigenvalue weighted by molar-refractivity contribution is 5.89. The Morgan fingerprint density at radius 1 is 1.25 bits per heavy atom. The molecule has 0 radical (unpaired) electrons. The molecule has 0 aromatic rings. The van der Waals surface area contributed by atoms with E-state index in [-0.39, 0.29) is 17.7 Å². The van der Waals surface area contributed by atoms with E-state index in [0.717, 1.165) is 51.5 Å². The van der Waals surface area contributed by atoms with Gasteiger partial charge < -0.3 is 14.5 Å². The summed E-state index contributed by atoms with van der Waals surface area (Å²) in [6.07, 6.45) is 6.06. The molecule has 5 heteroatoms. The maximum Gasteiger partial charge on any atom is 0.227 e. The third kappa shape index (κ3) is 3.93. The van der Waals surface area contributed by atoms with Crippen LogP contribution in [0.15, 0.2) is 0 Å². The second-order valence-corrected chi connectivity index (χ2v) is 7.97. The molecule has 3 rings (SSSR count). The summed E-state index contributed by atoms with van der Waals surface area (Å²) in [5.74, 6) is 1.46. The number of likely N-dealkylation sites (tertiary alicyclic amines) is 1. The molecule has 2 saturated heterocycles. The van der Waals surface area contributed by atoms with E-state index in [1.54, 1.807) is 0 Å². The van der Waals surface area contributed by atoms with E-state index >= 15 is 0 Å². The van der Waals surface area contributed by atoms with E-state index in [0.29, 0.717) is 24.9 Å². The molecule has 0 aromatic carbocycles. The smallest absolute Gasteiger partial charge is 0.227 e. The molecular formula is C19H32N2O3. The van der Waals surface area contributed by atoms with Crippen LogP contribution in [-0.2, 0) is 14.3 Å². The van der Waals surface area contributed by atoms with Crippen molar-refractivity contribution < 1.29 is 14.3 Å². The second-order valence-electron chi connectivity index (χ2n) is 7.97. The van der Waals surface area contributed by atoms with Crippen molar-refractivity contribution in [2.75, 3.05) is 32.8 Å². The highest BCUT2D eigenvalue weighted by Gasteiger charge is 2.40. The van der Waals surface area contributed by atoms with Crippen LogP contribution in [0.2, 0.25) is 0 Å². The normalized spacial score (nSPS) is 33.9. The number of rotatable bonds is 5. The van der Waals surface area contributed by atoms with Crippen molar-refractivity contribution in [1.29, 1.82) is 0 Å². The van der Waals surface area contributed by atoms with E-state index in [2.05, 4.69) is 6.92 Å². The Morgan fingerprint density at radius 3 is 2.62 bits per heavy atom. The van der Waals surface area contributed by atoms with Crippen LogP contribution in [-0.4, -0.2) is 60.5 Å². The summed E-state index contributed by atoms with van der Waals surface area (Å²) < 4.78 is 5.43. The summed E-state index contributed by atoms with van der Waals surface area (Å²) in [5, 5.41) is 0. The van der Waals surface area contributed by atoms with Crippen molar-refractivity contribution in [2.24, 2.45) is 17.8 Å². The lowest BCUT2D eigenvalue weighted by Gasteiger charge is -2.34. The van der Waals surface area contributed by atoms with Gasteiger partial charge in [-0.05, 0) is 44.9 Å². The van der Waals surface area contributed by atoms with Crippen molar-refractivity contribution in [3.05, 3.63) is 0 Å². The van der Waals surface area contributed by atoms with Gasteiger partial charge in [0.15, 0.2) is 0 Å². The number of carbonyl (C=O) groups excluding carboxylic acids is 2. The number of hydrogen-bond acceptors (Lipinski definition) is 3. The Balaban J connectivity index is 1.56. The van der Waals surface area contributed by atoms with Gasteiger partial charge in [0, 0.05) is 44.6 Å². The van der Waals surface area contributed by atoms with E-state index in [1.165, 1.54) is 12.8 Å². The molecule has 3 fully saturated rings. The number of amides is 2. The van der Waals surface area contributed by atoms with Gasteiger partial charge >= 0.3 is 0 Å². The first-order valence-corrected chi connectivity index (χ1v) is 9.74. The van der Waals surface area contributed by atoms with Gasteiger partial charge in [-0.3, -0.25) is 9.59 Å². The van der Waals surface area contributed by atoms with Gasteiger partial charge in [0.1, 0.15) is 0 Å². The summed E-state index contributed by atoms with van der Waals surface area (Å²) >= 11 is 0. The molecule has 5 nitrogen and oxygen atoms in total.